The Morgan fingerprint density at radius 2 is 2.12 bits per heavy atom. The summed E-state index contributed by atoms with van der Waals surface area (Å²) in [5, 5.41) is 9.14. The number of carboxylic acids is 1. The highest BCUT2D eigenvalue weighted by atomic mass is 16.5. The van der Waals surface area contributed by atoms with Gasteiger partial charge in [-0.2, -0.15) is 0 Å². The lowest BCUT2D eigenvalue weighted by Crippen LogP contribution is -2.08. The Bertz CT molecular complexity index is 450. The van der Waals surface area contributed by atoms with Crippen LogP contribution < -0.4 is 4.74 Å². The molecule has 2 aliphatic carbocycles. The second kappa shape index (κ2) is 4.02. The van der Waals surface area contributed by atoms with Gasteiger partial charge in [0.2, 0.25) is 5.88 Å². The molecule has 0 radical (unpaired) electrons. The van der Waals surface area contributed by atoms with Crippen LogP contribution in [0.1, 0.15) is 47.7 Å². The van der Waals surface area contributed by atoms with Gasteiger partial charge in [0.05, 0.1) is 6.61 Å². The Labute approximate surface area is 99.6 Å². The second-order valence-corrected chi connectivity index (χ2v) is 4.92. The first kappa shape index (κ1) is 10.6. The van der Waals surface area contributed by atoms with Gasteiger partial charge >= 0.3 is 5.97 Å². The predicted octanol–water partition coefficient (Wildman–Crippen LogP) is 2.45. The predicted molar refractivity (Wildman–Crippen MR) is 61.4 cm³/mol. The van der Waals surface area contributed by atoms with Gasteiger partial charge in [-0.3, -0.25) is 0 Å². The maximum Gasteiger partial charge on any atom is 0.354 e. The smallest absolute Gasteiger partial charge is 0.354 e. The van der Waals surface area contributed by atoms with Gasteiger partial charge in [0.15, 0.2) is 5.69 Å². The van der Waals surface area contributed by atoms with Crippen molar-refractivity contribution in [3.63, 3.8) is 0 Å². The van der Waals surface area contributed by atoms with Crippen LogP contribution in [0.15, 0.2) is 12.1 Å². The zero-order valence-electron chi connectivity index (χ0n) is 9.56. The van der Waals surface area contributed by atoms with Crippen molar-refractivity contribution in [2.75, 3.05) is 6.61 Å². The number of hydrogen-bond acceptors (Lipinski definition) is 3. The average molecular weight is 233 g/mol. The summed E-state index contributed by atoms with van der Waals surface area (Å²) in [7, 11) is 0. The molecule has 0 aliphatic heterocycles. The van der Waals surface area contributed by atoms with E-state index < -0.39 is 5.97 Å². The van der Waals surface area contributed by atoms with Crippen molar-refractivity contribution in [2.45, 2.75) is 31.6 Å². The first-order valence-corrected chi connectivity index (χ1v) is 6.11. The van der Waals surface area contributed by atoms with Crippen molar-refractivity contribution in [3.05, 3.63) is 23.4 Å². The molecule has 90 valence electrons. The molecule has 0 saturated heterocycles. The number of rotatable bonds is 5. The van der Waals surface area contributed by atoms with E-state index in [2.05, 4.69) is 4.98 Å². The minimum absolute atomic E-state index is 0.167. The number of hydrogen-bond donors (Lipinski definition) is 1. The van der Waals surface area contributed by atoms with Crippen molar-refractivity contribution in [1.29, 1.82) is 0 Å². The quantitative estimate of drug-likeness (QED) is 0.848. The van der Waals surface area contributed by atoms with Crippen LogP contribution in [-0.4, -0.2) is 22.7 Å². The molecule has 1 N–H and O–H groups in total. The van der Waals surface area contributed by atoms with Gasteiger partial charge in [0, 0.05) is 6.07 Å². The van der Waals surface area contributed by atoms with E-state index in [9.17, 15) is 4.79 Å². The molecule has 0 bridgehead atoms. The topological polar surface area (TPSA) is 59.4 Å². The minimum atomic E-state index is -0.955. The average Bonchev–Trinajstić information content (AvgIpc) is 3.16. The standard InChI is InChI=1S/C13H15NO3/c15-13(16)12-10(9-3-4-9)5-6-11(14-12)17-7-8-1-2-8/h5-6,8-9H,1-4,7H2,(H,15,16). The highest BCUT2D eigenvalue weighted by molar-refractivity contribution is 5.87. The van der Waals surface area contributed by atoms with E-state index in [1.807, 2.05) is 6.07 Å². The first-order chi connectivity index (χ1) is 8.24. The molecule has 3 rings (SSSR count). The van der Waals surface area contributed by atoms with Crippen molar-refractivity contribution < 1.29 is 14.6 Å². The molecule has 0 spiro atoms. The molecular weight excluding hydrogens is 218 g/mol. The minimum Gasteiger partial charge on any atom is -0.477 e. The van der Waals surface area contributed by atoms with Gasteiger partial charge in [-0.25, -0.2) is 9.78 Å². The molecule has 1 heterocycles. The van der Waals surface area contributed by atoms with E-state index in [-0.39, 0.29) is 5.69 Å². The van der Waals surface area contributed by atoms with Crippen LogP contribution in [0.2, 0.25) is 0 Å². The zero-order chi connectivity index (χ0) is 11.8. The summed E-state index contributed by atoms with van der Waals surface area (Å²) in [6.45, 7) is 0.662. The molecular formula is C13H15NO3. The third kappa shape index (κ3) is 2.40. The summed E-state index contributed by atoms with van der Waals surface area (Å²) >= 11 is 0. The van der Waals surface area contributed by atoms with Gasteiger partial charge in [0.25, 0.3) is 0 Å². The Morgan fingerprint density at radius 3 is 2.71 bits per heavy atom. The molecule has 0 unspecified atom stereocenters. The Morgan fingerprint density at radius 1 is 1.35 bits per heavy atom. The molecule has 4 nitrogen and oxygen atoms in total. The summed E-state index contributed by atoms with van der Waals surface area (Å²) in [4.78, 5) is 15.3. The molecule has 4 heteroatoms. The van der Waals surface area contributed by atoms with Crippen LogP contribution in [0.4, 0.5) is 0 Å². The van der Waals surface area contributed by atoms with Crippen molar-refractivity contribution in [3.8, 4) is 5.88 Å². The Kier molecular flexibility index (Phi) is 2.50. The monoisotopic (exact) mass is 233 g/mol. The number of aromatic nitrogens is 1. The largest absolute Gasteiger partial charge is 0.477 e. The van der Waals surface area contributed by atoms with Crippen LogP contribution in [0, 0.1) is 5.92 Å². The maximum atomic E-state index is 11.1. The summed E-state index contributed by atoms with van der Waals surface area (Å²) in [5.74, 6) is 0.529. The van der Waals surface area contributed by atoms with Gasteiger partial charge in [0.1, 0.15) is 0 Å². The number of carbonyl (C=O) groups is 1. The lowest BCUT2D eigenvalue weighted by molar-refractivity contribution is 0.0687. The lowest BCUT2D eigenvalue weighted by atomic mass is 10.1. The summed E-state index contributed by atoms with van der Waals surface area (Å²) < 4.78 is 5.50. The zero-order valence-corrected chi connectivity index (χ0v) is 9.56. The van der Waals surface area contributed by atoms with E-state index in [0.29, 0.717) is 24.3 Å². The molecule has 2 saturated carbocycles. The third-order valence-electron chi connectivity index (χ3n) is 3.28. The van der Waals surface area contributed by atoms with Crippen LogP contribution in [0.3, 0.4) is 0 Å². The van der Waals surface area contributed by atoms with E-state index >= 15 is 0 Å². The molecule has 1 aromatic heterocycles. The van der Waals surface area contributed by atoms with Crippen LogP contribution in [0.5, 0.6) is 5.88 Å². The number of ether oxygens (including phenoxy) is 1. The number of aromatic carboxylic acids is 1. The van der Waals surface area contributed by atoms with E-state index in [1.165, 1.54) is 12.8 Å². The fourth-order valence-electron chi connectivity index (χ4n) is 1.92. The van der Waals surface area contributed by atoms with Crippen LogP contribution in [0.25, 0.3) is 0 Å². The SMILES string of the molecule is O=C(O)c1nc(OCC2CC2)ccc1C1CC1. The van der Waals surface area contributed by atoms with Crippen molar-refractivity contribution >= 4 is 5.97 Å². The number of carboxylic acid groups (broad SMARTS) is 1. The van der Waals surface area contributed by atoms with E-state index in [1.54, 1.807) is 6.07 Å². The van der Waals surface area contributed by atoms with Crippen molar-refractivity contribution in [2.24, 2.45) is 5.92 Å². The molecule has 1 aromatic rings. The number of nitrogens with zero attached hydrogens (tertiary/aromatic N) is 1. The van der Waals surface area contributed by atoms with Crippen molar-refractivity contribution in [1.82, 2.24) is 4.98 Å². The van der Waals surface area contributed by atoms with E-state index in [0.717, 1.165) is 18.4 Å². The van der Waals surface area contributed by atoms with Gasteiger partial charge in [-0.1, -0.05) is 6.07 Å². The first-order valence-electron chi connectivity index (χ1n) is 6.11. The van der Waals surface area contributed by atoms with Crippen LogP contribution in [-0.2, 0) is 0 Å². The van der Waals surface area contributed by atoms with E-state index in [4.69, 9.17) is 9.84 Å². The fraction of sp³-hybridized carbons (Fsp3) is 0.538. The molecule has 0 amide bonds. The fourth-order valence-corrected chi connectivity index (χ4v) is 1.92. The van der Waals surface area contributed by atoms with Gasteiger partial charge in [-0.05, 0) is 43.1 Å². The molecule has 0 atom stereocenters. The maximum absolute atomic E-state index is 11.1. The highest BCUT2D eigenvalue weighted by Crippen LogP contribution is 2.41. The Hall–Kier alpha value is -1.58. The second-order valence-electron chi connectivity index (χ2n) is 4.92. The molecule has 0 aromatic carbocycles. The molecule has 17 heavy (non-hydrogen) atoms. The van der Waals surface area contributed by atoms with Gasteiger partial charge < -0.3 is 9.84 Å². The van der Waals surface area contributed by atoms with Crippen LogP contribution >= 0.6 is 0 Å². The third-order valence-corrected chi connectivity index (χ3v) is 3.28. The lowest BCUT2D eigenvalue weighted by Gasteiger charge is -2.08. The summed E-state index contributed by atoms with van der Waals surface area (Å²) in [5.41, 5.74) is 1.03. The molecule has 2 aliphatic rings. The van der Waals surface area contributed by atoms with Gasteiger partial charge in [-0.15, -0.1) is 0 Å². The molecule has 2 fully saturated rings. The normalized spacial score (nSPS) is 19.1. The summed E-state index contributed by atoms with van der Waals surface area (Å²) in [6, 6.07) is 3.65. The Balaban J connectivity index is 1.79. The summed E-state index contributed by atoms with van der Waals surface area (Å²) in [6.07, 6.45) is 4.58. The highest BCUT2D eigenvalue weighted by Gasteiger charge is 2.29. The number of pyridine rings is 1.